The van der Waals surface area contributed by atoms with Gasteiger partial charge in [-0.3, -0.25) is 0 Å². The van der Waals surface area contributed by atoms with E-state index in [1.165, 1.54) is 14.2 Å². The van der Waals surface area contributed by atoms with Crippen molar-refractivity contribution < 1.29 is 19.7 Å². The van der Waals surface area contributed by atoms with Crippen LogP contribution in [0.5, 0.6) is 23.0 Å². The van der Waals surface area contributed by atoms with Crippen LogP contribution in [-0.2, 0) is 0 Å². The molecule has 0 fully saturated rings. The number of rotatable bonds is 4. The second-order valence-corrected chi connectivity index (χ2v) is 4.27. The van der Waals surface area contributed by atoms with Crippen LogP contribution in [0, 0.1) is 0 Å². The van der Waals surface area contributed by atoms with E-state index in [0.29, 0.717) is 11.5 Å². The van der Waals surface area contributed by atoms with Crippen LogP contribution < -0.4 is 9.47 Å². The molecule has 0 amide bonds. The van der Waals surface area contributed by atoms with Crippen molar-refractivity contribution in [1.82, 2.24) is 0 Å². The molecule has 116 valence electrons. The highest BCUT2D eigenvalue weighted by atomic mass is 16.5. The summed E-state index contributed by atoms with van der Waals surface area (Å²) in [6, 6.07) is 10.1. The molecule has 2 aromatic rings. The summed E-state index contributed by atoms with van der Waals surface area (Å²) in [6.45, 7) is 7.20. The third-order valence-electron chi connectivity index (χ3n) is 2.88. The fraction of sp³-hybridized carbons (Fsp3) is 0.111. The number of methoxy groups -OCH3 is 2. The molecule has 22 heavy (non-hydrogen) atoms. The molecule has 0 aliphatic rings. The number of hydrogen-bond acceptors (Lipinski definition) is 4. The fourth-order valence-electron chi connectivity index (χ4n) is 1.64. The smallest absolute Gasteiger partial charge is 0.161 e. The van der Waals surface area contributed by atoms with Crippen LogP contribution in [0.4, 0.5) is 0 Å². The predicted molar refractivity (Wildman–Crippen MR) is 89.5 cm³/mol. The minimum atomic E-state index is 0.151. The van der Waals surface area contributed by atoms with E-state index < -0.39 is 0 Å². The standard InChI is InChI=1S/2C9H10O2/c2*1-3-7-4-5-8(10)9(6-7)11-2/h2*3-6,10H,1H2,2H3. The van der Waals surface area contributed by atoms with Crippen molar-refractivity contribution >= 4 is 12.2 Å². The highest BCUT2D eigenvalue weighted by molar-refractivity contribution is 5.54. The molecule has 4 heteroatoms. The van der Waals surface area contributed by atoms with Crippen LogP contribution in [0.1, 0.15) is 11.1 Å². The predicted octanol–water partition coefficient (Wildman–Crippen LogP) is 4.09. The van der Waals surface area contributed by atoms with Crippen molar-refractivity contribution in [3.05, 3.63) is 60.7 Å². The van der Waals surface area contributed by atoms with Crippen molar-refractivity contribution in [2.75, 3.05) is 14.2 Å². The Kier molecular flexibility index (Phi) is 6.57. The zero-order valence-electron chi connectivity index (χ0n) is 12.7. The molecule has 0 saturated heterocycles. The van der Waals surface area contributed by atoms with E-state index >= 15 is 0 Å². The molecular formula is C18H20O4. The molecule has 0 aliphatic heterocycles. The first kappa shape index (κ1) is 17.2. The Morgan fingerprint density at radius 3 is 1.41 bits per heavy atom. The van der Waals surface area contributed by atoms with Gasteiger partial charge in [-0.15, -0.1) is 0 Å². The zero-order chi connectivity index (χ0) is 16.5. The normalized spacial score (nSPS) is 9.18. The summed E-state index contributed by atoms with van der Waals surface area (Å²) in [4.78, 5) is 0. The van der Waals surface area contributed by atoms with E-state index in [-0.39, 0.29) is 11.5 Å². The summed E-state index contributed by atoms with van der Waals surface area (Å²) in [6.07, 6.45) is 3.39. The molecule has 0 spiro atoms. The van der Waals surface area contributed by atoms with Crippen molar-refractivity contribution in [2.24, 2.45) is 0 Å². The van der Waals surface area contributed by atoms with Gasteiger partial charge in [0.1, 0.15) is 0 Å². The van der Waals surface area contributed by atoms with Crippen LogP contribution in [0.15, 0.2) is 49.6 Å². The van der Waals surface area contributed by atoms with Crippen molar-refractivity contribution in [3.63, 3.8) is 0 Å². The second kappa shape index (κ2) is 8.42. The Morgan fingerprint density at radius 1 is 0.773 bits per heavy atom. The lowest BCUT2D eigenvalue weighted by molar-refractivity contribution is 0.373. The van der Waals surface area contributed by atoms with Gasteiger partial charge in [0.2, 0.25) is 0 Å². The summed E-state index contributed by atoms with van der Waals surface area (Å²) in [5, 5.41) is 18.3. The van der Waals surface area contributed by atoms with Gasteiger partial charge in [-0.2, -0.15) is 0 Å². The summed E-state index contributed by atoms with van der Waals surface area (Å²) in [7, 11) is 3.03. The van der Waals surface area contributed by atoms with Crippen LogP contribution in [-0.4, -0.2) is 24.4 Å². The Hall–Kier alpha value is -2.88. The summed E-state index contributed by atoms with van der Waals surface area (Å²) in [5.74, 6) is 1.25. The van der Waals surface area contributed by atoms with Gasteiger partial charge < -0.3 is 19.7 Å². The van der Waals surface area contributed by atoms with E-state index in [2.05, 4.69) is 13.2 Å². The molecule has 0 heterocycles. The summed E-state index contributed by atoms with van der Waals surface area (Å²) < 4.78 is 9.78. The molecule has 0 radical (unpaired) electrons. The van der Waals surface area contributed by atoms with Crippen molar-refractivity contribution in [3.8, 4) is 23.0 Å². The Morgan fingerprint density at radius 2 is 1.14 bits per heavy atom. The van der Waals surface area contributed by atoms with Gasteiger partial charge in [0.05, 0.1) is 14.2 Å². The van der Waals surface area contributed by atoms with Gasteiger partial charge >= 0.3 is 0 Å². The van der Waals surface area contributed by atoms with Gasteiger partial charge in [-0.25, -0.2) is 0 Å². The number of ether oxygens (including phenoxy) is 2. The van der Waals surface area contributed by atoms with Crippen molar-refractivity contribution in [1.29, 1.82) is 0 Å². The maximum atomic E-state index is 9.17. The Balaban J connectivity index is 0.000000220. The van der Waals surface area contributed by atoms with E-state index in [4.69, 9.17) is 9.47 Å². The maximum absolute atomic E-state index is 9.17. The molecule has 0 aliphatic carbocycles. The van der Waals surface area contributed by atoms with Gasteiger partial charge in [0, 0.05) is 0 Å². The first-order valence-corrected chi connectivity index (χ1v) is 6.54. The van der Waals surface area contributed by atoms with Gasteiger partial charge in [0.15, 0.2) is 23.0 Å². The SMILES string of the molecule is C=Cc1ccc(O)c(OC)c1.C=Cc1ccc(O)c(OC)c1. The molecule has 2 rings (SSSR count). The first-order chi connectivity index (χ1) is 10.5. The Bertz CT molecular complexity index is 590. The van der Waals surface area contributed by atoms with Gasteiger partial charge in [-0.05, 0) is 35.4 Å². The quantitative estimate of drug-likeness (QED) is 0.893. The zero-order valence-corrected chi connectivity index (χ0v) is 12.7. The maximum Gasteiger partial charge on any atom is 0.161 e. The van der Waals surface area contributed by atoms with Gasteiger partial charge in [0.25, 0.3) is 0 Å². The average Bonchev–Trinajstić information content (AvgIpc) is 2.56. The van der Waals surface area contributed by atoms with Crippen LogP contribution in [0.25, 0.3) is 12.2 Å². The molecule has 0 aromatic heterocycles. The van der Waals surface area contributed by atoms with Gasteiger partial charge in [-0.1, -0.05) is 37.4 Å². The van der Waals surface area contributed by atoms with Crippen LogP contribution in [0.2, 0.25) is 0 Å². The highest BCUT2D eigenvalue weighted by Crippen LogP contribution is 2.27. The Labute approximate surface area is 130 Å². The molecule has 0 atom stereocenters. The lowest BCUT2D eigenvalue weighted by Gasteiger charge is -2.02. The van der Waals surface area contributed by atoms with E-state index in [1.54, 1.807) is 48.6 Å². The average molecular weight is 300 g/mol. The number of hydrogen-bond donors (Lipinski definition) is 2. The van der Waals surface area contributed by atoms with E-state index in [9.17, 15) is 10.2 Å². The molecular weight excluding hydrogens is 280 g/mol. The number of phenols is 2. The molecule has 2 N–H and O–H groups in total. The number of aromatic hydroxyl groups is 2. The molecule has 4 nitrogen and oxygen atoms in total. The second-order valence-electron chi connectivity index (χ2n) is 4.27. The lowest BCUT2D eigenvalue weighted by Crippen LogP contribution is -1.83. The molecule has 0 saturated carbocycles. The minimum absolute atomic E-state index is 0.151. The highest BCUT2D eigenvalue weighted by Gasteiger charge is 1.99. The largest absolute Gasteiger partial charge is 0.504 e. The minimum Gasteiger partial charge on any atom is -0.504 e. The van der Waals surface area contributed by atoms with E-state index in [1.807, 2.05) is 0 Å². The van der Waals surface area contributed by atoms with Crippen LogP contribution >= 0.6 is 0 Å². The monoisotopic (exact) mass is 300 g/mol. The molecule has 0 bridgehead atoms. The van der Waals surface area contributed by atoms with Crippen LogP contribution in [0.3, 0.4) is 0 Å². The lowest BCUT2D eigenvalue weighted by atomic mass is 10.2. The third-order valence-corrected chi connectivity index (χ3v) is 2.88. The topological polar surface area (TPSA) is 58.9 Å². The summed E-state index contributed by atoms with van der Waals surface area (Å²) >= 11 is 0. The first-order valence-electron chi connectivity index (χ1n) is 6.54. The molecule has 2 aromatic carbocycles. The van der Waals surface area contributed by atoms with E-state index in [0.717, 1.165) is 11.1 Å². The summed E-state index contributed by atoms with van der Waals surface area (Å²) in [5.41, 5.74) is 1.86. The number of phenolic OH excluding ortho intramolecular Hbond substituents is 2. The van der Waals surface area contributed by atoms with Crippen molar-refractivity contribution in [2.45, 2.75) is 0 Å². The fourth-order valence-corrected chi connectivity index (χ4v) is 1.64. The number of benzene rings is 2. The molecule has 0 unspecified atom stereocenters. The third kappa shape index (κ3) is 4.59.